The van der Waals surface area contributed by atoms with Gasteiger partial charge >= 0.3 is 0 Å². The Labute approximate surface area is 183 Å². The summed E-state index contributed by atoms with van der Waals surface area (Å²) in [6.45, 7) is 0. The standard InChI is InChI=1S/C25H20N6O/c32-25(28-21-10-8-15-4-1-2-7-19(15)21)18-6-3-5-16(12-18)23-20-13-17(24-26-14-27-31-24)9-11-22(20)29-30-23/h1-7,9,11-14,21H,8,10H2,(H,28,32)(H,29,30)(H,26,27,31)/t21-/m1/s1. The number of carbonyl (C=O) groups excluding carboxylic acids is 1. The van der Waals surface area contributed by atoms with Crippen LogP contribution in [0.1, 0.15) is 33.9 Å². The predicted molar refractivity (Wildman–Crippen MR) is 122 cm³/mol. The van der Waals surface area contributed by atoms with Crippen molar-refractivity contribution in [2.24, 2.45) is 0 Å². The molecule has 1 aliphatic carbocycles. The quantitative estimate of drug-likeness (QED) is 0.400. The average molecular weight is 420 g/mol. The van der Waals surface area contributed by atoms with E-state index in [0.29, 0.717) is 11.4 Å². The smallest absolute Gasteiger partial charge is 0.251 e. The first-order valence-electron chi connectivity index (χ1n) is 10.6. The van der Waals surface area contributed by atoms with Crippen LogP contribution in [0.5, 0.6) is 0 Å². The van der Waals surface area contributed by atoms with Gasteiger partial charge in [-0.1, -0.05) is 36.4 Å². The highest BCUT2D eigenvalue weighted by Gasteiger charge is 2.24. The Morgan fingerprint density at radius 3 is 2.81 bits per heavy atom. The van der Waals surface area contributed by atoms with E-state index >= 15 is 0 Å². The number of H-pyrrole nitrogens is 2. The van der Waals surface area contributed by atoms with Crippen LogP contribution < -0.4 is 5.32 Å². The maximum Gasteiger partial charge on any atom is 0.251 e. The van der Waals surface area contributed by atoms with Crippen LogP contribution in [0.3, 0.4) is 0 Å². The Bertz CT molecular complexity index is 1440. The van der Waals surface area contributed by atoms with Crippen LogP contribution in [0.15, 0.2) is 73.1 Å². The van der Waals surface area contributed by atoms with Crippen molar-refractivity contribution in [3.8, 4) is 22.6 Å². The minimum atomic E-state index is -0.0734. The van der Waals surface area contributed by atoms with E-state index in [1.807, 2.05) is 48.5 Å². The summed E-state index contributed by atoms with van der Waals surface area (Å²) in [5.74, 6) is 0.625. The molecule has 7 nitrogen and oxygen atoms in total. The van der Waals surface area contributed by atoms with Crippen molar-refractivity contribution in [1.29, 1.82) is 0 Å². The lowest BCUT2D eigenvalue weighted by molar-refractivity contribution is 0.0937. The first-order valence-corrected chi connectivity index (χ1v) is 10.6. The number of hydrogen-bond acceptors (Lipinski definition) is 4. The lowest BCUT2D eigenvalue weighted by atomic mass is 10.0. The van der Waals surface area contributed by atoms with Gasteiger partial charge in [0.15, 0.2) is 5.82 Å². The molecule has 1 atom stereocenters. The Morgan fingerprint density at radius 1 is 0.969 bits per heavy atom. The minimum absolute atomic E-state index is 0.0537. The van der Waals surface area contributed by atoms with Crippen molar-refractivity contribution in [2.75, 3.05) is 0 Å². The van der Waals surface area contributed by atoms with Gasteiger partial charge in [-0.15, -0.1) is 0 Å². The summed E-state index contributed by atoms with van der Waals surface area (Å²) in [6.07, 6.45) is 3.41. The molecular formula is C25H20N6O. The molecule has 2 heterocycles. The molecule has 0 saturated carbocycles. The van der Waals surface area contributed by atoms with E-state index in [1.54, 1.807) is 0 Å². The van der Waals surface area contributed by atoms with Gasteiger partial charge in [0, 0.05) is 22.1 Å². The highest BCUT2D eigenvalue weighted by atomic mass is 16.1. The second-order valence-corrected chi connectivity index (χ2v) is 8.01. The molecule has 2 aromatic heterocycles. The molecule has 0 saturated heterocycles. The number of carbonyl (C=O) groups is 1. The molecule has 156 valence electrons. The predicted octanol–water partition coefficient (Wildman–Crippen LogP) is 4.43. The zero-order chi connectivity index (χ0) is 21.5. The zero-order valence-electron chi connectivity index (χ0n) is 17.2. The largest absolute Gasteiger partial charge is 0.345 e. The SMILES string of the molecule is O=C(N[C@@H]1CCc2ccccc21)c1cccc(-c2n[nH]c3ccc(-c4ncn[nH]4)cc23)c1. The number of benzene rings is 3. The molecule has 6 rings (SSSR count). The van der Waals surface area contributed by atoms with Crippen LogP contribution in [0.25, 0.3) is 33.5 Å². The highest BCUT2D eigenvalue weighted by molar-refractivity contribution is 5.99. The van der Waals surface area contributed by atoms with Crippen molar-refractivity contribution < 1.29 is 4.79 Å². The van der Waals surface area contributed by atoms with Crippen molar-refractivity contribution in [1.82, 2.24) is 30.7 Å². The van der Waals surface area contributed by atoms with Crippen LogP contribution >= 0.6 is 0 Å². The monoisotopic (exact) mass is 420 g/mol. The van der Waals surface area contributed by atoms with Gasteiger partial charge in [-0.25, -0.2) is 4.98 Å². The van der Waals surface area contributed by atoms with E-state index in [1.165, 1.54) is 17.5 Å². The molecule has 3 aromatic carbocycles. The van der Waals surface area contributed by atoms with Crippen molar-refractivity contribution in [3.05, 3.63) is 89.7 Å². The third-order valence-corrected chi connectivity index (χ3v) is 6.09. The van der Waals surface area contributed by atoms with E-state index in [9.17, 15) is 4.79 Å². The van der Waals surface area contributed by atoms with Crippen LogP contribution in [-0.4, -0.2) is 31.3 Å². The molecule has 0 radical (unpaired) electrons. The van der Waals surface area contributed by atoms with Crippen molar-refractivity contribution in [3.63, 3.8) is 0 Å². The van der Waals surface area contributed by atoms with E-state index in [0.717, 1.165) is 40.6 Å². The molecule has 0 spiro atoms. The van der Waals surface area contributed by atoms with Crippen LogP contribution in [0, 0.1) is 0 Å². The third-order valence-electron chi connectivity index (χ3n) is 6.09. The number of rotatable bonds is 4. The second-order valence-electron chi connectivity index (χ2n) is 8.01. The van der Waals surface area contributed by atoms with Gasteiger partial charge in [-0.3, -0.25) is 15.0 Å². The van der Waals surface area contributed by atoms with Gasteiger partial charge in [0.2, 0.25) is 0 Å². The summed E-state index contributed by atoms with van der Waals surface area (Å²) >= 11 is 0. The van der Waals surface area contributed by atoms with Gasteiger partial charge in [0.25, 0.3) is 5.91 Å². The average Bonchev–Trinajstić information content (AvgIpc) is 3.59. The Balaban J connectivity index is 1.31. The molecule has 0 unspecified atom stereocenters. The van der Waals surface area contributed by atoms with Gasteiger partial charge in [0.1, 0.15) is 6.33 Å². The Hall–Kier alpha value is -4.26. The minimum Gasteiger partial charge on any atom is -0.345 e. The summed E-state index contributed by atoms with van der Waals surface area (Å²) in [7, 11) is 0. The first-order chi connectivity index (χ1) is 15.8. The molecule has 0 bridgehead atoms. The molecule has 1 amide bonds. The fraction of sp³-hybridized carbons (Fsp3) is 0.120. The zero-order valence-corrected chi connectivity index (χ0v) is 17.2. The second kappa shape index (κ2) is 7.46. The molecule has 7 heteroatoms. The summed E-state index contributed by atoms with van der Waals surface area (Å²) in [6, 6.07) is 21.9. The molecular weight excluding hydrogens is 400 g/mol. The maximum atomic E-state index is 13.0. The number of amides is 1. The number of aromatic nitrogens is 5. The number of nitrogens with zero attached hydrogens (tertiary/aromatic N) is 3. The molecule has 0 aliphatic heterocycles. The fourth-order valence-corrected chi connectivity index (χ4v) is 4.48. The maximum absolute atomic E-state index is 13.0. The van der Waals surface area contributed by atoms with E-state index in [4.69, 9.17) is 0 Å². The van der Waals surface area contributed by atoms with E-state index < -0.39 is 0 Å². The Morgan fingerprint density at radius 2 is 1.91 bits per heavy atom. The van der Waals surface area contributed by atoms with E-state index in [-0.39, 0.29) is 11.9 Å². The van der Waals surface area contributed by atoms with Gasteiger partial charge in [-0.2, -0.15) is 10.2 Å². The van der Waals surface area contributed by atoms with Crippen LogP contribution in [0.4, 0.5) is 0 Å². The number of nitrogens with one attached hydrogen (secondary N) is 3. The van der Waals surface area contributed by atoms with Gasteiger partial charge in [0.05, 0.1) is 17.3 Å². The summed E-state index contributed by atoms with van der Waals surface area (Å²) in [4.78, 5) is 17.3. The third kappa shape index (κ3) is 3.15. The molecule has 5 aromatic rings. The fourth-order valence-electron chi connectivity index (χ4n) is 4.48. The van der Waals surface area contributed by atoms with Crippen molar-refractivity contribution in [2.45, 2.75) is 18.9 Å². The summed E-state index contributed by atoms with van der Waals surface area (Å²) < 4.78 is 0. The number of hydrogen-bond donors (Lipinski definition) is 3. The Kier molecular flexibility index (Phi) is 4.31. The highest BCUT2D eigenvalue weighted by Crippen LogP contribution is 2.32. The van der Waals surface area contributed by atoms with Gasteiger partial charge in [-0.05, 0) is 54.3 Å². The van der Waals surface area contributed by atoms with Crippen LogP contribution in [-0.2, 0) is 6.42 Å². The molecule has 3 N–H and O–H groups in total. The number of aromatic amines is 2. The lowest BCUT2D eigenvalue weighted by Crippen LogP contribution is -2.27. The molecule has 32 heavy (non-hydrogen) atoms. The summed E-state index contributed by atoms with van der Waals surface area (Å²) in [5.41, 5.74) is 6.67. The normalized spacial score (nSPS) is 15.1. The molecule has 0 fully saturated rings. The summed E-state index contributed by atoms with van der Waals surface area (Å²) in [5, 5.41) is 18.6. The lowest BCUT2D eigenvalue weighted by Gasteiger charge is -2.14. The van der Waals surface area contributed by atoms with Gasteiger partial charge < -0.3 is 5.32 Å². The topological polar surface area (TPSA) is 99.3 Å². The van der Waals surface area contributed by atoms with Crippen LogP contribution in [0.2, 0.25) is 0 Å². The van der Waals surface area contributed by atoms with E-state index in [2.05, 4.69) is 48.9 Å². The van der Waals surface area contributed by atoms with Crippen molar-refractivity contribution >= 4 is 16.8 Å². The molecule has 1 aliphatic rings. The first kappa shape index (κ1) is 18.5. The number of aryl methyl sites for hydroxylation is 1. The number of fused-ring (bicyclic) bond motifs is 2.